The lowest BCUT2D eigenvalue weighted by atomic mass is 10.0. The summed E-state index contributed by atoms with van der Waals surface area (Å²) in [7, 11) is 1.68. The fraction of sp³-hybridized carbons (Fsp3) is 0.357. The second kappa shape index (κ2) is 11.0. The number of nitrogens with one attached hydrogen (secondary N) is 2. The van der Waals surface area contributed by atoms with Gasteiger partial charge in [-0.3, -0.25) is 14.8 Å². The van der Waals surface area contributed by atoms with Gasteiger partial charge >= 0.3 is 0 Å². The van der Waals surface area contributed by atoms with Crippen molar-refractivity contribution in [3.8, 4) is 5.75 Å². The number of fused-ring (bicyclic) bond motifs is 1. The Hall–Kier alpha value is -3.62. The van der Waals surface area contributed by atoms with Crippen LogP contribution in [0.15, 0.2) is 60.8 Å². The quantitative estimate of drug-likeness (QED) is 0.376. The Morgan fingerprint density at radius 2 is 1.92 bits per heavy atom. The number of carbonyl (C=O) groups excluding carboxylic acids is 1. The number of aromatic nitrogens is 3. The lowest BCUT2D eigenvalue weighted by Gasteiger charge is -2.27. The Balaban J connectivity index is 1.47. The predicted molar refractivity (Wildman–Crippen MR) is 139 cm³/mol. The number of rotatable bonds is 9. The maximum absolute atomic E-state index is 13.9. The van der Waals surface area contributed by atoms with Gasteiger partial charge in [0, 0.05) is 43.5 Å². The van der Waals surface area contributed by atoms with E-state index in [9.17, 15) is 4.79 Å². The first-order valence-corrected chi connectivity index (χ1v) is 12.5. The van der Waals surface area contributed by atoms with Crippen LogP contribution in [0.25, 0.3) is 10.9 Å². The number of hydrogen-bond donors (Lipinski definition) is 2. The van der Waals surface area contributed by atoms with Crippen LogP contribution in [0.1, 0.15) is 33.4 Å². The molecule has 1 aliphatic rings. The molecule has 1 saturated heterocycles. The number of nitrogens with zero attached hydrogens (tertiary/aromatic N) is 3. The van der Waals surface area contributed by atoms with E-state index in [1.807, 2.05) is 49.4 Å². The van der Waals surface area contributed by atoms with Gasteiger partial charge in [-0.15, -0.1) is 0 Å². The van der Waals surface area contributed by atoms with Crippen molar-refractivity contribution in [2.24, 2.45) is 0 Å². The van der Waals surface area contributed by atoms with Gasteiger partial charge in [-0.25, -0.2) is 0 Å². The normalized spacial score (nSPS) is 15.2. The first-order chi connectivity index (χ1) is 17.7. The fourth-order valence-corrected chi connectivity index (χ4v) is 5.08. The third-order valence-electron chi connectivity index (χ3n) is 6.98. The molecule has 0 unspecified atom stereocenters. The van der Waals surface area contributed by atoms with Crippen molar-refractivity contribution in [3.63, 3.8) is 0 Å². The van der Waals surface area contributed by atoms with Gasteiger partial charge in [0.05, 0.1) is 43.1 Å². The summed E-state index contributed by atoms with van der Waals surface area (Å²) < 4.78 is 13.5. The van der Waals surface area contributed by atoms with Crippen molar-refractivity contribution in [3.05, 3.63) is 83.3 Å². The molecule has 5 rings (SSSR count). The van der Waals surface area contributed by atoms with Crippen molar-refractivity contribution in [1.29, 1.82) is 0 Å². The van der Waals surface area contributed by atoms with Crippen molar-refractivity contribution >= 4 is 16.8 Å². The van der Waals surface area contributed by atoms with Crippen LogP contribution in [0.4, 0.5) is 0 Å². The van der Waals surface area contributed by atoms with Crippen LogP contribution in [0.3, 0.4) is 0 Å². The summed E-state index contributed by atoms with van der Waals surface area (Å²) in [5.41, 5.74) is 4.59. The van der Waals surface area contributed by atoms with Crippen LogP contribution in [-0.4, -0.2) is 65.5 Å². The van der Waals surface area contributed by atoms with E-state index in [-0.39, 0.29) is 11.9 Å². The molecule has 1 amide bonds. The summed E-state index contributed by atoms with van der Waals surface area (Å²) in [4.78, 5) is 16.3. The molecule has 1 atom stereocenters. The molecule has 1 fully saturated rings. The molecular formula is C28H33N5O3. The summed E-state index contributed by atoms with van der Waals surface area (Å²) in [5.74, 6) is 0.664. The molecular weight excluding hydrogens is 454 g/mol. The minimum Gasteiger partial charge on any atom is -0.495 e. The van der Waals surface area contributed by atoms with Crippen LogP contribution in [0.2, 0.25) is 0 Å². The van der Waals surface area contributed by atoms with E-state index in [1.54, 1.807) is 13.3 Å². The molecule has 0 spiro atoms. The zero-order valence-electron chi connectivity index (χ0n) is 20.9. The molecule has 188 valence electrons. The van der Waals surface area contributed by atoms with Crippen LogP contribution >= 0.6 is 0 Å². The molecule has 2 N–H and O–H groups in total. The Labute approximate surface area is 211 Å². The summed E-state index contributed by atoms with van der Waals surface area (Å²) in [6.07, 6.45) is 2.37. The zero-order valence-corrected chi connectivity index (χ0v) is 20.9. The highest BCUT2D eigenvalue weighted by molar-refractivity contribution is 6.09. The van der Waals surface area contributed by atoms with E-state index in [0.29, 0.717) is 12.0 Å². The van der Waals surface area contributed by atoms with Crippen molar-refractivity contribution in [2.75, 3.05) is 40.0 Å². The topological polar surface area (TPSA) is 84.4 Å². The summed E-state index contributed by atoms with van der Waals surface area (Å²) in [6, 6.07) is 17.8. The van der Waals surface area contributed by atoms with E-state index in [1.165, 1.54) is 0 Å². The molecule has 0 aliphatic carbocycles. The van der Waals surface area contributed by atoms with Gasteiger partial charge in [-0.05, 0) is 31.0 Å². The lowest BCUT2D eigenvalue weighted by molar-refractivity contribution is 0.0365. The first-order valence-electron chi connectivity index (χ1n) is 12.5. The van der Waals surface area contributed by atoms with E-state index in [2.05, 4.69) is 37.1 Å². The van der Waals surface area contributed by atoms with Crippen LogP contribution < -0.4 is 10.1 Å². The molecule has 2 aromatic carbocycles. The molecule has 4 aromatic rings. The molecule has 8 heteroatoms. The number of para-hydroxylation sites is 1. The number of hydrogen-bond acceptors (Lipinski definition) is 5. The van der Waals surface area contributed by atoms with E-state index in [4.69, 9.17) is 9.47 Å². The van der Waals surface area contributed by atoms with E-state index in [0.717, 1.165) is 73.0 Å². The molecule has 0 radical (unpaired) electrons. The summed E-state index contributed by atoms with van der Waals surface area (Å²) in [6.45, 7) is 7.05. The Morgan fingerprint density at radius 1 is 1.11 bits per heavy atom. The average Bonchev–Trinajstić information content (AvgIpc) is 3.54. The van der Waals surface area contributed by atoms with Gasteiger partial charge in [0.1, 0.15) is 5.75 Å². The van der Waals surface area contributed by atoms with E-state index < -0.39 is 0 Å². The number of H-pyrrole nitrogens is 1. The van der Waals surface area contributed by atoms with Crippen molar-refractivity contribution in [1.82, 2.24) is 25.0 Å². The zero-order chi connectivity index (χ0) is 24.9. The third-order valence-corrected chi connectivity index (χ3v) is 6.98. The van der Waals surface area contributed by atoms with E-state index >= 15 is 0 Å². The Bertz CT molecular complexity index is 1290. The average molecular weight is 488 g/mol. The highest BCUT2D eigenvalue weighted by Crippen LogP contribution is 2.33. The molecule has 1 aliphatic heterocycles. The number of methoxy groups -OCH3 is 1. The molecule has 36 heavy (non-hydrogen) atoms. The number of benzene rings is 2. The predicted octanol–water partition coefficient (Wildman–Crippen LogP) is 3.73. The Kier molecular flexibility index (Phi) is 7.34. The van der Waals surface area contributed by atoms with Gasteiger partial charge in [0.25, 0.3) is 5.91 Å². The van der Waals surface area contributed by atoms with Crippen LogP contribution in [0, 0.1) is 6.92 Å². The number of ether oxygens (including phenoxy) is 2. The van der Waals surface area contributed by atoms with Crippen molar-refractivity contribution < 1.29 is 14.3 Å². The van der Waals surface area contributed by atoms with Gasteiger partial charge in [-0.2, -0.15) is 5.10 Å². The molecule has 0 saturated carbocycles. The lowest BCUT2D eigenvalue weighted by Crippen LogP contribution is -2.38. The molecule has 3 heterocycles. The SMILES string of the molecule is COc1cccc2c(C(=O)N[C@@H](Cc3ccccc3)c3ccn[nH]3)c(C)n(CCN3CCOCC3)c12. The van der Waals surface area contributed by atoms with Gasteiger partial charge < -0.3 is 19.4 Å². The minimum atomic E-state index is -0.237. The maximum Gasteiger partial charge on any atom is 0.254 e. The molecule has 8 nitrogen and oxygen atoms in total. The summed E-state index contributed by atoms with van der Waals surface area (Å²) >= 11 is 0. The van der Waals surface area contributed by atoms with Gasteiger partial charge in [0.15, 0.2) is 0 Å². The first kappa shape index (κ1) is 24.1. The number of aromatic amines is 1. The Morgan fingerprint density at radius 3 is 2.64 bits per heavy atom. The fourth-order valence-electron chi connectivity index (χ4n) is 5.08. The molecule has 2 aromatic heterocycles. The van der Waals surface area contributed by atoms with Gasteiger partial charge in [0.2, 0.25) is 0 Å². The molecule has 0 bridgehead atoms. The second-order valence-corrected chi connectivity index (χ2v) is 9.15. The number of amides is 1. The summed E-state index contributed by atoms with van der Waals surface area (Å²) in [5, 5.41) is 11.3. The second-order valence-electron chi connectivity index (χ2n) is 9.15. The monoisotopic (exact) mass is 487 g/mol. The van der Waals surface area contributed by atoms with Gasteiger partial charge in [-0.1, -0.05) is 42.5 Å². The number of carbonyl (C=O) groups is 1. The highest BCUT2D eigenvalue weighted by atomic mass is 16.5. The minimum absolute atomic E-state index is 0.105. The largest absolute Gasteiger partial charge is 0.495 e. The van der Waals surface area contributed by atoms with Crippen LogP contribution in [0.5, 0.6) is 5.75 Å². The van der Waals surface area contributed by atoms with Crippen LogP contribution in [-0.2, 0) is 17.7 Å². The standard InChI is InChI=1S/C28H33N5O3/c1-20-26(28(34)30-24(23-11-12-29-31-23)19-21-7-4-3-5-8-21)22-9-6-10-25(35-2)27(22)33(20)14-13-32-15-17-36-18-16-32/h3-12,24H,13-19H2,1-2H3,(H,29,31)(H,30,34)/t24-/m0/s1. The maximum atomic E-state index is 13.9. The number of morpholine rings is 1. The third kappa shape index (κ3) is 5.01. The highest BCUT2D eigenvalue weighted by Gasteiger charge is 2.25. The smallest absolute Gasteiger partial charge is 0.254 e. The van der Waals surface area contributed by atoms with Crippen molar-refractivity contribution in [2.45, 2.75) is 25.9 Å².